The molecular formula is C8H17NO2S. The van der Waals surface area contributed by atoms with Crippen molar-refractivity contribution in [3.05, 3.63) is 0 Å². The summed E-state index contributed by atoms with van der Waals surface area (Å²) in [5, 5.41) is 3.27. The number of rotatable bonds is 4. The van der Waals surface area contributed by atoms with E-state index >= 15 is 0 Å². The maximum atomic E-state index is 10.8. The van der Waals surface area contributed by atoms with E-state index in [9.17, 15) is 8.42 Å². The third-order valence-corrected chi connectivity index (χ3v) is 3.32. The molecule has 4 heteroatoms. The van der Waals surface area contributed by atoms with E-state index in [1.807, 2.05) is 0 Å². The summed E-state index contributed by atoms with van der Waals surface area (Å²) in [7, 11) is -2.74. The molecule has 0 aliphatic carbocycles. The molecule has 12 heavy (non-hydrogen) atoms. The molecule has 1 unspecified atom stereocenters. The molecule has 1 fully saturated rings. The fraction of sp³-hybridized carbons (Fsp3) is 1.00. The van der Waals surface area contributed by atoms with Crippen LogP contribution in [-0.2, 0) is 9.84 Å². The molecule has 1 heterocycles. The molecule has 0 aromatic rings. The van der Waals surface area contributed by atoms with E-state index in [4.69, 9.17) is 0 Å². The lowest BCUT2D eigenvalue weighted by molar-refractivity contribution is 0.521. The highest BCUT2D eigenvalue weighted by molar-refractivity contribution is 7.90. The monoisotopic (exact) mass is 191 g/mol. The van der Waals surface area contributed by atoms with Gasteiger partial charge in [0.25, 0.3) is 0 Å². The molecule has 1 N–H and O–H groups in total. The van der Waals surface area contributed by atoms with Gasteiger partial charge < -0.3 is 5.32 Å². The highest BCUT2D eigenvalue weighted by Gasteiger charge is 2.14. The van der Waals surface area contributed by atoms with E-state index in [1.54, 1.807) is 0 Å². The summed E-state index contributed by atoms with van der Waals surface area (Å²) in [5.74, 6) is 1.07. The van der Waals surface area contributed by atoms with E-state index in [-0.39, 0.29) is 0 Å². The largest absolute Gasteiger partial charge is 0.316 e. The lowest BCUT2D eigenvalue weighted by atomic mass is 10.0. The highest BCUT2D eigenvalue weighted by atomic mass is 32.2. The van der Waals surface area contributed by atoms with Crippen molar-refractivity contribution in [2.75, 3.05) is 25.1 Å². The van der Waals surface area contributed by atoms with Crippen molar-refractivity contribution >= 4 is 9.84 Å². The first-order chi connectivity index (χ1) is 5.58. The average molecular weight is 191 g/mol. The van der Waals surface area contributed by atoms with Crippen LogP contribution in [0.3, 0.4) is 0 Å². The zero-order valence-corrected chi connectivity index (χ0v) is 8.36. The van der Waals surface area contributed by atoms with Crippen LogP contribution in [0, 0.1) is 5.92 Å². The van der Waals surface area contributed by atoms with E-state index in [0.717, 1.165) is 25.9 Å². The van der Waals surface area contributed by atoms with Crippen molar-refractivity contribution < 1.29 is 8.42 Å². The first-order valence-corrected chi connectivity index (χ1v) is 6.52. The Morgan fingerprint density at radius 1 is 1.50 bits per heavy atom. The third kappa shape index (κ3) is 4.07. The summed E-state index contributed by atoms with van der Waals surface area (Å²) in [6.07, 6.45) is 4.40. The maximum absolute atomic E-state index is 10.8. The second kappa shape index (κ2) is 4.23. The number of hydrogen-bond acceptors (Lipinski definition) is 3. The minimum absolute atomic E-state index is 0.351. The fourth-order valence-electron chi connectivity index (χ4n) is 1.60. The zero-order chi connectivity index (χ0) is 9.03. The summed E-state index contributed by atoms with van der Waals surface area (Å²) in [4.78, 5) is 0. The summed E-state index contributed by atoms with van der Waals surface area (Å²) >= 11 is 0. The van der Waals surface area contributed by atoms with Gasteiger partial charge in [-0.05, 0) is 38.3 Å². The Morgan fingerprint density at radius 2 is 2.25 bits per heavy atom. The van der Waals surface area contributed by atoms with E-state index < -0.39 is 9.84 Å². The molecule has 0 bridgehead atoms. The van der Waals surface area contributed by atoms with Gasteiger partial charge in [0.1, 0.15) is 9.84 Å². The van der Waals surface area contributed by atoms with Crippen molar-refractivity contribution in [1.29, 1.82) is 0 Å². The van der Waals surface area contributed by atoms with Crippen LogP contribution in [0.15, 0.2) is 0 Å². The van der Waals surface area contributed by atoms with Gasteiger partial charge in [0.15, 0.2) is 0 Å². The number of nitrogens with one attached hydrogen (secondary N) is 1. The normalized spacial score (nSPS) is 24.6. The van der Waals surface area contributed by atoms with Crippen LogP contribution in [0.4, 0.5) is 0 Å². The predicted octanol–water partition coefficient (Wildman–Crippen LogP) is 0.421. The van der Waals surface area contributed by atoms with E-state index in [2.05, 4.69) is 5.32 Å². The van der Waals surface area contributed by atoms with Crippen molar-refractivity contribution in [1.82, 2.24) is 5.32 Å². The molecule has 0 saturated carbocycles. The molecule has 1 atom stereocenters. The second-order valence-electron chi connectivity index (χ2n) is 3.63. The number of hydrogen-bond donors (Lipinski definition) is 1. The molecule has 1 aliphatic heterocycles. The van der Waals surface area contributed by atoms with Crippen molar-refractivity contribution in [3.63, 3.8) is 0 Å². The second-order valence-corrected chi connectivity index (χ2v) is 5.89. The Labute approximate surface area is 74.5 Å². The summed E-state index contributed by atoms with van der Waals surface area (Å²) < 4.78 is 21.6. The first kappa shape index (κ1) is 9.99. The quantitative estimate of drug-likeness (QED) is 0.700. The standard InChI is InChI=1S/C8H17NO2S/c1-12(10,11)6-2-3-8-4-5-9-7-8/h8-9H,2-7H2,1H3. The first-order valence-electron chi connectivity index (χ1n) is 4.46. The number of sulfone groups is 1. The Balaban J connectivity index is 2.09. The van der Waals surface area contributed by atoms with Crippen LogP contribution in [0.5, 0.6) is 0 Å². The SMILES string of the molecule is CS(=O)(=O)CCCC1CCNC1. The molecule has 0 amide bonds. The van der Waals surface area contributed by atoms with Crippen LogP contribution >= 0.6 is 0 Å². The average Bonchev–Trinajstić information content (AvgIpc) is 2.36. The zero-order valence-electron chi connectivity index (χ0n) is 7.54. The van der Waals surface area contributed by atoms with E-state index in [0.29, 0.717) is 11.7 Å². The van der Waals surface area contributed by atoms with Crippen LogP contribution in [-0.4, -0.2) is 33.5 Å². The van der Waals surface area contributed by atoms with E-state index in [1.165, 1.54) is 12.7 Å². The Morgan fingerprint density at radius 3 is 2.75 bits per heavy atom. The van der Waals surface area contributed by atoms with Gasteiger partial charge in [-0.1, -0.05) is 0 Å². The molecule has 0 aromatic heterocycles. The van der Waals surface area contributed by atoms with Crippen LogP contribution in [0.25, 0.3) is 0 Å². The molecule has 0 aromatic carbocycles. The minimum Gasteiger partial charge on any atom is -0.316 e. The summed E-state index contributed by atoms with van der Waals surface area (Å²) in [5.41, 5.74) is 0. The van der Waals surface area contributed by atoms with Crippen LogP contribution < -0.4 is 5.32 Å². The molecule has 0 spiro atoms. The maximum Gasteiger partial charge on any atom is 0.147 e. The van der Waals surface area contributed by atoms with Gasteiger partial charge in [0.2, 0.25) is 0 Å². The van der Waals surface area contributed by atoms with Crippen molar-refractivity contribution in [3.8, 4) is 0 Å². The lowest BCUT2D eigenvalue weighted by Crippen LogP contribution is -2.10. The minimum atomic E-state index is -2.74. The van der Waals surface area contributed by atoms with Gasteiger partial charge in [0.05, 0.1) is 0 Å². The van der Waals surface area contributed by atoms with Gasteiger partial charge in [-0.2, -0.15) is 0 Å². The summed E-state index contributed by atoms with van der Waals surface area (Å²) in [6, 6.07) is 0. The molecule has 1 saturated heterocycles. The van der Waals surface area contributed by atoms with Gasteiger partial charge in [-0.15, -0.1) is 0 Å². The Hall–Kier alpha value is -0.0900. The molecule has 0 radical (unpaired) electrons. The van der Waals surface area contributed by atoms with Crippen LogP contribution in [0.1, 0.15) is 19.3 Å². The predicted molar refractivity (Wildman–Crippen MR) is 49.9 cm³/mol. The van der Waals surface area contributed by atoms with Crippen LogP contribution in [0.2, 0.25) is 0 Å². The third-order valence-electron chi connectivity index (χ3n) is 2.29. The lowest BCUT2D eigenvalue weighted by Gasteiger charge is -2.05. The van der Waals surface area contributed by atoms with Crippen molar-refractivity contribution in [2.45, 2.75) is 19.3 Å². The highest BCUT2D eigenvalue weighted by Crippen LogP contribution is 2.14. The fourth-order valence-corrected chi connectivity index (χ4v) is 2.29. The van der Waals surface area contributed by atoms with Crippen molar-refractivity contribution in [2.24, 2.45) is 5.92 Å². The molecular weight excluding hydrogens is 174 g/mol. The Bertz CT molecular complexity index is 217. The summed E-state index contributed by atoms with van der Waals surface area (Å²) in [6.45, 7) is 2.17. The molecule has 3 nitrogen and oxygen atoms in total. The smallest absolute Gasteiger partial charge is 0.147 e. The topological polar surface area (TPSA) is 46.2 Å². The van der Waals surface area contributed by atoms with Gasteiger partial charge in [-0.25, -0.2) is 8.42 Å². The molecule has 1 rings (SSSR count). The molecule has 1 aliphatic rings. The van der Waals surface area contributed by atoms with Gasteiger partial charge >= 0.3 is 0 Å². The van der Waals surface area contributed by atoms with Gasteiger partial charge in [0, 0.05) is 12.0 Å². The Kier molecular flexibility index (Phi) is 3.53. The molecule has 72 valence electrons. The van der Waals surface area contributed by atoms with Gasteiger partial charge in [-0.3, -0.25) is 0 Å².